The highest BCUT2D eigenvalue weighted by atomic mass is 35.5. The first-order valence-electron chi connectivity index (χ1n) is 11.1. The highest BCUT2D eigenvalue weighted by molar-refractivity contribution is 6.31. The van der Waals surface area contributed by atoms with Crippen molar-refractivity contribution >= 4 is 23.5 Å². The molecule has 1 aromatic heterocycles. The monoisotopic (exact) mass is 491 g/mol. The standard InChI is InChI=1S/C24H27ClFN3O5/c1-27-12-15(9-21(27)30)14-34-20-11-22(31)29-8-7-28(6-5-19(29)23(20)24(32)33-2)13-16-3-4-17(26)10-18(16)25/h3-4,10-11,15H,5-9,12-14H2,1-2H3/t15-/m0/s1. The molecule has 4 rings (SSSR count). The number of ether oxygens (including phenoxy) is 2. The van der Waals surface area contributed by atoms with Crippen molar-refractivity contribution in [1.82, 2.24) is 14.4 Å². The van der Waals surface area contributed by atoms with Gasteiger partial charge in [-0.2, -0.15) is 0 Å². The summed E-state index contributed by atoms with van der Waals surface area (Å²) >= 11 is 6.19. The zero-order valence-electron chi connectivity index (χ0n) is 19.2. The summed E-state index contributed by atoms with van der Waals surface area (Å²) in [5, 5.41) is 0.348. The number of carbonyl (C=O) groups excluding carboxylic acids is 2. The Balaban J connectivity index is 1.57. The first kappa shape index (κ1) is 24.2. The van der Waals surface area contributed by atoms with Gasteiger partial charge in [0.05, 0.1) is 13.7 Å². The quantitative estimate of drug-likeness (QED) is 0.577. The van der Waals surface area contributed by atoms with E-state index in [-0.39, 0.29) is 35.3 Å². The average molecular weight is 492 g/mol. The fourth-order valence-electron chi connectivity index (χ4n) is 4.55. The third-order valence-corrected chi connectivity index (χ3v) is 6.73. The first-order chi connectivity index (χ1) is 16.3. The Labute approximate surface area is 201 Å². The van der Waals surface area contributed by atoms with Gasteiger partial charge in [-0.15, -0.1) is 0 Å². The summed E-state index contributed by atoms with van der Waals surface area (Å²) in [5.41, 5.74) is 1.32. The number of fused-ring (bicyclic) bond motifs is 1. The Bertz CT molecular complexity index is 1170. The SMILES string of the molecule is COC(=O)c1c(OC[C@H]2CC(=O)N(C)C2)cc(=O)n2c1CCN(Cc1ccc(F)cc1Cl)CC2. The molecule has 0 bridgehead atoms. The predicted octanol–water partition coefficient (Wildman–Crippen LogP) is 2.34. The molecule has 8 nitrogen and oxygen atoms in total. The fourth-order valence-corrected chi connectivity index (χ4v) is 4.78. The van der Waals surface area contributed by atoms with Crippen molar-refractivity contribution < 1.29 is 23.5 Å². The number of esters is 1. The molecule has 1 atom stereocenters. The van der Waals surface area contributed by atoms with Gasteiger partial charge in [0.2, 0.25) is 5.91 Å². The van der Waals surface area contributed by atoms with Crippen molar-refractivity contribution in [2.45, 2.75) is 25.9 Å². The number of amides is 1. The second kappa shape index (κ2) is 10.1. The Morgan fingerprint density at radius 2 is 2.00 bits per heavy atom. The topological polar surface area (TPSA) is 81.1 Å². The molecule has 0 saturated carbocycles. The van der Waals surface area contributed by atoms with Gasteiger partial charge in [-0.05, 0) is 17.7 Å². The average Bonchev–Trinajstić information content (AvgIpc) is 2.99. The van der Waals surface area contributed by atoms with Crippen molar-refractivity contribution in [3.8, 4) is 5.75 Å². The summed E-state index contributed by atoms with van der Waals surface area (Å²) in [5.74, 6) is -0.758. The molecule has 2 aliphatic heterocycles. The molecule has 0 radical (unpaired) electrons. The Morgan fingerprint density at radius 1 is 1.21 bits per heavy atom. The largest absolute Gasteiger partial charge is 0.492 e. The van der Waals surface area contributed by atoms with E-state index in [0.29, 0.717) is 56.3 Å². The number of carbonyl (C=O) groups is 2. The van der Waals surface area contributed by atoms with Crippen LogP contribution in [0.25, 0.3) is 0 Å². The van der Waals surface area contributed by atoms with E-state index < -0.39 is 11.8 Å². The molecule has 10 heteroatoms. The van der Waals surface area contributed by atoms with Gasteiger partial charge in [0.25, 0.3) is 5.56 Å². The molecule has 34 heavy (non-hydrogen) atoms. The van der Waals surface area contributed by atoms with Crippen molar-refractivity contribution in [1.29, 1.82) is 0 Å². The second-order valence-corrected chi connectivity index (χ2v) is 9.14. The maximum Gasteiger partial charge on any atom is 0.343 e. The van der Waals surface area contributed by atoms with E-state index in [0.717, 1.165) is 5.56 Å². The third kappa shape index (κ3) is 5.10. The van der Waals surface area contributed by atoms with Crippen LogP contribution in [0.4, 0.5) is 4.39 Å². The van der Waals surface area contributed by atoms with Crippen molar-refractivity contribution in [2.75, 3.05) is 40.4 Å². The smallest absolute Gasteiger partial charge is 0.343 e. The van der Waals surface area contributed by atoms with E-state index in [1.807, 2.05) is 0 Å². The molecule has 3 heterocycles. The minimum Gasteiger partial charge on any atom is -0.492 e. The molecule has 0 spiro atoms. The van der Waals surface area contributed by atoms with E-state index in [1.54, 1.807) is 22.6 Å². The van der Waals surface area contributed by atoms with Crippen molar-refractivity contribution in [2.24, 2.45) is 5.92 Å². The van der Waals surface area contributed by atoms with Crippen LogP contribution < -0.4 is 10.3 Å². The van der Waals surface area contributed by atoms with Gasteiger partial charge in [-0.3, -0.25) is 14.5 Å². The van der Waals surface area contributed by atoms with Gasteiger partial charge >= 0.3 is 5.97 Å². The highest BCUT2D eigenvalue weighted by Gasteiger charge is 2.30. The van der Waals surface area contributed by atoms with Gasteiger partial charge < -0.3 is 18.9 Å². The number of hydrogen-bond acceptors (Lipinski definition) is 6. The summed E-state index contributed by atoms with van der Waals surface area (Å²) in [7, 11) is 3.03. The third-order valence-electron chi connectivity index (χ3n) is 6.38. The summed E-state index contributed by atoms with van der Waals surface area (Å²) in [4.78, 5) is 41.2. The van der Waals surface area contributed by atoms with E-state index in [1.165, 1.54) is 25.3 Å². The molecular weight excluding hydrogens is 465 g/mol. The first-order valence-corrected chi connectivity index (χ1v) is 11.5. The summed E-state index contributed by atoms with van der Waals surface area (Å²) in [6.45, 7) is 2.76. The molecule has 2 aliphatic rings. The Hall–Kier alpha value is -2.91. The molecule has 0 unspecified atom stereocenters. The number of methoxy groups -OCH3 is 1. The zero-order chi connectivity index (χ0) is 24.4. The second-order valence-electron chi connectivity index (χ2n) is 8.73. The van der Waals surface area contributed by atoms with Crippen molar-refractivity contribution in [3.05, 3.63) is 62.3 Å². The summed E-state index contributed by atoms with van der Waals surface area (Å²) < 4.78 is 25.9. The summed E-state index contributed by atoms with van der Waals surface area (Å²) in [6.07, 6.45) is 0.787. The van der Waals surface area contributed by atoms with E-state index >= 15 is 0 Å². The number of likely N-dealkylation sites (tertiary alicyclic amines) is 1. The normalized spacial score (nSPS) is 18.5. The fraction of sp³-hybridized carbons (Fsp3) is 0.458. The van der Waals surface area contributed by atoms with E-state index in [9.17, 15) is 18.8 Å². The summed E-state index contributed by atoms with van der Waals surface area (Å²) in [6, 6.07) is 5.62. The minimum absolute atomic E-state index is 0.0134. The molecule has 1 fully saturated rings. The lowest BCUT2D eigenvalue weighted by molar-refractivity contribution is -0.126. The molecule has 1 amide bonds. The van der Waals surface area contributed by atoms with Crippen LogP contribution in [0.15, 0.2) is 29.1 Å². The number of rotatable bonds is 6. The number of hydrogen-bond donors (Lipinski definition) is 0. The number of halogens is 2. The lowest BCUT2D eigenvalue weighted by atomic mass is 10.1. The highest BCUT2D eigenvalue weighted by Crippen LogP contribution is 2.27. The maximum atomic E-state index is 13.4. The molecule has 0 aliphatic carbocycles. The zero-order valence-corrected chi connectivity index (χ0v) is 19.9. The van der Waals surface area contributed by atoms with Crippen LogP contribution >= 0.6 is 11.6 Å². The number of pyridine rings is 1. The van der Waals surface area contributed by atoms with E-state index in [2.05, 4.69) is 4.90 Å². The van der Waals surface area contributed by atoms with Gasteiger partial charge in [-0.1, -0.05) is 17.7 Å². The maximum absolute atomic E-state index is 13.4. The predicted molar refractivity (Wildman–Crippen MR) is 124 cm³/mol. The lowest BCUT2D eigenvalue weighted by Crippen LogP contribution is -2.29. The van der Waals surface area contributed by atoms with Crippen LogP contribution in [-0.4, -0.2) is 66.6 Å². The molecule has 0 N–H and O–H groups in total. The van der Waals surface area contributed by atoms with Crippen molar-refractivity contribution in [3.63, 3.8) is 0 Å². The number of aromatic nitrogens is 1. The lowest BCUT2D eigenvalue weighted by Gasteiger charge is -2.20. The molecule has 182 valence electrons. The van der Waals surface area contributed by atoms with Crippen LogP contribution in [0.5, 0.6) is 5.75 Å². The van der Waals surface area contributed by atoms with Gasteiger partial charge in [0.1, 0.15) is 17.1 Å². The van der Waals surface area contributed by atoms with Gasteiger partial charge in [0.15, 0.2) is 0 Å². The molecular formula is C24H27ClFN3O5. The van der Waals surface area contributed by atoms with Gasteiger partial charge in [0, 0.05) is 75.3 Å². The van der Waals surface area contributed by atoms with E-state index in [4.69, 9.17) is 21.1 Å². The number of nitrogens with zero attached hydrogens (tertiary/aromatic N) is 3. The van der Waals surface area contributed by atoms with Crippen LogP contribution in [0.2, 0.25) is 5.02 Å². The molecule has 2 aromatic rings. The van der Waals surface area contributed by atoms with Crippen LogP contribution in [0, 0.1) is 11.7 Å². The Kier molecular flexibility index (Phi) is 7.23. The minimum atomic E-state index is -0.576. The Morgan fingerprint density at radius 3 is 2.68 bits per heavy atom. The molecule has 1 saturated heterocycles. The van der Waals surface area contributed by atoms with Crippen LogP contribution in [0.3, 0.4) is 0 Å². The number of benzene rings is 1. The molecule has 1 aromatic carbocycles. The van der Waals surface area contributed by atoms with Crippen LogP contribution in [0.1, 0.15) is 28.0 Å². The van der Waals surface area contributed by atoms with Crippen LogP contribution in [-0.2, 0) is 29.0 Å². The van der Waals surface area contributed by atoms with Gasteiger partial charge in [-0.25, -0.2) is 9.18 Å².